The van der Waals surface area contributed by atoms with Gasteiger partial charge in [-0.15, -0.1) is 0 Å². The average molecular weight is 347 g/mol. The molecule has 0 aliphatic heterocycles. The van der Waals surface area contributed by atoms with Gasteiger partial charge >= 0.3 is 0 Å². The summed E-state index contributed by atoms with van der Waals surface area (Å²) in [6.07, 6.45) is 7.20. The molecule has 1 unspecified atom stereocenters. The number of nitrogens with one attached hydrogen (secondary N) is 1. The topological polar surface area (TPSA) is 24.9 Å². The first-order chi connectivity index (χ1) is 10.1. The van der Waals surface area contributed by atoms with Gasteiger partial charge in [0.2, 0.25) is 0 Å². The summed E-state index contributed by atoms with van der Waals surface area (Å²) in [6, 6.07) is 9.04. The Morgan fingerprint density at radius 1 is 1.29 bits per heavy atom. The van der Waals surface area contributed by atoms with Gasteiger partial charge < -0.3 is 5.32 Å². The summed E-state index contributed by atoms with van der Waals surface area (Å²) in [5.74, 6) is 0. The molecule has 3 heteroatoms. The smallest absolute Gasteiger partial charge is 0.0758 e. The van der Waals surface area contributed by atoms with Gasteiger partial charge in [0.1, 0.15) is 0 Å². The van der Waals surface area contributed by atoms with Crippen molar-refractivity contribution in [3.63, 3.8) is 0 Å². The first kappa shape index (κ1) is 15.0. The van der Waals surface area contributed by atoms with E-state index in [0.717, 1.165) is 16.5 Å². The molecular formula is C18H23BrN2. The van der Waals surface area contributed by atoms with Gasteiger partial charge in [0, 0.05) is 28.6 Å². The Morgan fingerprint density at radius 2 is 2.14 bits per heavy atom. The third-order valence-electron chi connectivity index (χ3n) is 4.85. The third-order valence-corrected chi connectivity index (χ3v) is 5.54. The van der Waals surface area contributed by atoms with E-state index in [-0.39, 0.29) is 0 Å². The largest absolute Gasteiger partial charge is 0.309 e. The lowest BCUT2D eigenvalue weighted by Gasteiger charge is -2.39. The number of fused-ring (bicyclic) bond motifs is 1. The highest BCUT2D eigenvalue weighted by Crippen LogP contribution is 2.35. The number of benzene rings is 1. The zero-order chi connectivity index (χ0) is 14.9. The van der Waals surface area contributed by atoms with Gasteiger partial charge in [-0.1, -0.05) is 54.8 Å². The normalized spacial score (nSPS) is 21.6. The van der Waals surface area contributed by atoms with Crippen molar-refractivity contribution in [1.29, 1.82) is 0 Å². The summed E-state index contributed by atoms with van der Waals surface area (Å²) >= 11 is 3.62. The van der Waals surface area contributed by atoms with Crippen LogP contribution in [0.3, 0.4) is 0 Å². The minimum absolute atomic E-state index is 0.400. The van der Waals surface area contributed by atoms with E-state index in [1.165, 1.54) is 36.6 Å². The SMILES string of the molecule is CC1(C)CCCCC1NCc1ccc(Br)c2cccnc12. The van der Waals surface area contributed by atoms with Crippen molar-refractivity contribution in [3.05, 3.63) is 40.5 Å². The van der Waals surface area contributed by atoms with Gasteiger partial charge in [-0.3, -0.25) is 4.98 Å². The van der Waals surface area contributed by atoms with Crippen LogP contribution in [-0.2, 0) is 6.54 Å². The summed E-state index contributed by atoms with van der Waals surface area (Å²) in [4.78, 5) is 4.57. The highest BCUT2D eigenvalue weighted by Gasteiger charge is 2.31. The molecular weight excluding hydrogens is 324 g/mol. The van der Waals surface area contributed by atoms with Gasteiger partial charge in [-0.2, -0.15) is 0 Å². The second-order valence-corrected chi connectivity index (χ2v) is 7.63. The molecule has 0 bridgehead atoms. The molecule has 0 amide bonds. The van der Waals surface area contributed by atoms with Crippen molar-refractivity contribution in [2.45, 2.75) is 52.1 Å². The number of rotatable bonds is 3. The minimum Gasteiger partial charge on any atom is -0.309 e. The predicted octanol–water partition coefficient (Wildman–Crippen LogP) is 5.06. The molecule has 0 radical (unpaired) electrons. The molecule has 21 heavy (non-hydrogen) atoms. The summed E-state index contributed by atoms with van der Waals surface area (Å²) in [5.41, 5.74) is 2.79. The minimum atomic E-state index is 0.400. The fourth-order valence-electron chi connectivity index (χ4n) is 3.44. The molecule has 2 nitrogen and oxygen atoms in total. The van der Waals surface area contributed by atoms with Crippen LogP contribution >= 0.6 is 15.9 Å². The summed E-state index contributed by atoms with van der Waals surface area (Å²) in [7, 11) is 0. The van der Waals surface area contributed by atoms with E-state index in [1.54, 1.807) is 0 Å². The van der Waals surface area contributed by atoms with E-state index in [0.29, 0.717) is 11.5 Å². The van der Waals surface area contributed by atoms with Crippen LogP contribution in [0.1, 0.15) is 45.1 Å². The highest BCUT2D eigenvalue weighted by molar-refractivity contribution is 9.10. The first-order valence-corrected chi connectivity index (χ1v) is 8.63. The van der Waals surface area contributed by atoms with Gasteiger partial charge in [0.25, 0.3) is 0 Å². The van der Waals surface area contributed by atoms with Crippen LogP contribution in [-0.4, -0.2) is 11.0 Å². The molecule has 2 aromatic rings. The molecule has 1 fully saturated rings. The quantitative estimate of drug-likeness (QED) is 0.840. The summed E-state index contributed by atoms with van der Waals surface area (Å²) in [6.45, 7) is 5.68. The van der Waals surface area contributed by atoms with Crippen LogP contribution < -0.4 is 5.32 Å². The molecule has 1 aromatic heterocycles. The van der Waals surface area contributed by atoms with E-state index in [4.69, 9.17) is 0 Å². The maximum Gasteiger partial charge on any atom is 0.0758 e. The molecule has 112 valence electrons. The predicted molar refractivity (Wildman–Crippen MR) is 92.3 cm³/mol. The van der Waals surface area contributed by atoms with Crippen molar-refractivity contribution in [3.8, 4) is 0 Å². The van der Waals surface area contributed by atoms with Gasteiger partial charge in [-0.05, 0) is 36.0 Å². The molecule has 1 aliphatic rings. The number of nitrogens with zero attached hydrogens (tertiary/aromatic N) is 1. The van der Waals surface area contributed by atoms with Crippen LogP contribution in [0, 0.1) is 5.41 Å². The van der Waals surface area contributed by atoms with Crippen LogP contribution in [0.5, 0.6) is 0 Å². The summed E-state index contributed by atoms with van der Waals surface area (Å²) in [5, 5.41) is 4.98. The number of hydrogen-bond donors (Lipinski definition) is 1. The molecule has 1 aromatic carbocycles. The second kappa shape index (κ2) is 6.05. The second-order valence-electron chi connectivity index (χ2n) is 6.77. The third kappa shape index (κ3) is 3.14. The lowest BCUT2D eigenvalue weighted by Crippen LogP contribution is -2.43. The Balaban J connectivity index is 1.81. The van der Waals surface area contributed by atoms with Gasteiger partial charge in [-0.25, -0.2) is 0 Å². The van der Waals surface area contributed by atoms with E-state index in [1.807, 2.05) is 12.3 Å². The molecule has 1 saturated carbocycles. The maximum atomic E-state index is 4.57. The lowest BCUT2D eigenvalue weighted by molar-refractivity contribution is 0.167. The molecule has 1 N–H and O–H groups in total. The number of hydrogen-bond acceptors (Lipinski definition) is 2. The zero-order valence-electron chi connectivity index (χ0n) is 12.8. The Labute approximate surface area is 135 Å². The Hall–Kier alpha value is -0.930. The molecule has 0 spiro atoms. The fraction of sp³-hybridized carbons (Fsp3) is 0.500. The first-order valence-electron chi connectivity index (χ1n) is 7.83. The molecule has 1 atom stereocenters. The van der Waals surface area contributed by atoms with E-state index < -0.39 is 0 Å². The van der Waals surface area contributed by atoms with Crippen molar-refractivity contribution < 1.29 is 0 Å². The molecule has 3 rings (SSSR count). The van der Waals surface area contributed by atoms with Crippen LogP contribution in [0.2, 0.25) is 0 Å². The van der Waals surface area contributed by atoms with Crippen LogP contribution in [0.4, 0.5) is 0 Å². The van der Waals surface area contributed by atoms with E-state index in [9.17, 15) is 0 Å². The van der Waals surface area contributed by atoms with E-state index in [2.05, 4.69) is 58.3 Å². The summed E-state index contributed by atoms with van der Waals surface area (Å²) < 4.78 is 1.12. The van der Waals surface area contributed by atoms with Gasteiger partial charge in [0.15, 0.2) is 0 Å². The van der Waals surface area contributed by atoms with Crippen LogP contribution in [0.25, 0.3) is 10.9 Å². The monoisotopic (exact) mass is 346 g/mol. The lowest BCUT2D eigenvalue weighted by atomic mass is 9.73. The standard InChI is InChI=1S/C18H23BrN2/c1-18(2)10-4-3-7-16(18)21-12-13-8-9-15(19)14-6-5-11-20-17(13)14/h5-6,8-9,11,16,21H,3-4,7,10,12H2,1-2H3. The molecule has 1 heterocycles. The average Bonchev–Trinajstić information content (AvgIpc) is 2.48. The van der Waals surface area contributed by atoms with Crippen molar-refractivity contribution in [2.24, 2.45) is 5.41 Å². The highest BCUT2D eigenvalue weighted by atomic mass is 79.9. The fourth-order valence-corrected chi connectivity index (χ4v) is 3.90. The van der Waals surface area contributed by atoms with Crippen molar-refractivity contribution >= 4 is 26.8 Å². The van der Waals surface area contributed by atoms with Gasteiger partial charge in [0.05, 0.1) is 5.52 Å². The molecule has 1 aliphatic carbocycles. The van der Waals surface area contributed by atoms with Crippen molar-refractivity contribution in [2.75, 3.05) is 0 Å². The maximum absolute atomic E-state index is 4.57. The number of halogens is 1. The van der Waals surface area contributed by atoms with Crippen molar-refractivity contribution in [1.82, 2.24) is 10.3 Å². The van der Waals surface area contributed by atoms with E-state index >= 15 is 0 Å². The number of aromatic nitrogens is 1. The Morgan fingerprint density at radius 3 is 2.95 bits per heavy atom. The van der Waals surface area contributed by atoms with Crippen LogP contribution in [0.15, 0.2) is 34.9 Å². The Bertz CT molecular complexity index is 636. The molecule has 0 saturated heterocycles. The zero-order valence-corrected chi connectivity index (χ0v) is 14.4. The Kier molecular flexibility index (Phi) is 4.32. The number of pyridine rings is 1.